The summed E-state index contributed by atoms with van der Waals surface area (Å²) in [4.78, 5) is 45.6. The molecule has 0 aliphatic carbocycles. The fourth-order valence-corrected chi connectivity index (χ4v) is 5.63. The molecule has 0 saturated carbocycles. The SMILES string of the molecule is Cc1nc2ccccc2n1CCCC(=O)N1CCC2(CC1)C[C@H](n1ccc(=O)[nH]c1=O)[C@@](C)(O)CO2. The predicted molar refractivity (Wildman–Crippen MR) is 134 cm³/mol. The van der Waals surface area contributed by atoms with Crippen LogP contribution >= 0.6 is 0 Å². The highest BCUT2D eigenvalue weighted by atomic mass is 16.5. The molecule has 1 spiro atoms. The number of aromatic amines is 1. The lowest BCUT2D eigenvalue weighted by molar-refractivity contribution is -0.202. The summed E-state index contributed by atoms with van der Waals surface area (Å²) >= 11 is 0. The number of para-hydroxylation sites is 2. The Kier molecular flexibility index (Phi) is 6.34. The number of benzene rings is 1. The molecular weight excluding hydrogens is 462 g/mol. The number of carbonyl (C=O) groups excluding carboxylic acids is 1. The summed E-state index contributed by atoms with van der Waals surface area (Å²) in [6, 6.07) is 8.78. The van der Waals surface area contributed by atoms with Gasteiger partial charge in [0.05, 0.1) is 29.3 Å². The van der Waals surface area contributed by atoms with E-state index in [1.54, 1.807) is 6.92 Å². The van der Waals surface area contributed by atoms with Gasteiger partial charge in [0.15, 0.2) is 0 Å². The molecule has 1 amide bonds. The molecule has 192 valence electrons. The predicted octanol–water partition coefficient (Wildman–Crippen LogP) is 1.75. The number of carbonyl (C=O) groups is 1. The first-order valence-corrected chi connectivity index (χ1v) is 12.5. The molecule has 1 aromatic carbocycles. The van der Waals surface area contributed by atoms with Crippen LogP contribution in [0.5, 0.6) is 0 Å². The molecule has 4 heterocycles. The maximum Gasteiger partial charge on any atom is 0.328 e. The largest absolute Gasteiger partial charge is 0.386 e. The van der Waals surface area contributed by atoms with Crippen molar-refractivity contribution in [3.63, 3.8) is 0 Å². The summed E-state index contributed by atoms with van der Waals surface area (Å²) in [6.07, 6.45) is 4.33. The van der Waals surface area contributed by atoms with Gasteiger partial charge in [-0.2, -0.15) is 0 Å². The van der Waals surface area contributed by atoms with Gasteiger partial charge in [0.2, 0.25) is 5.91 Å². The first kappa shape index (κ1) is 24.5. The summed E-state index contributed by atoms with van der Waals surface area (Å²) in [6.45, 7) is 5.59. The Morgan fingerprint density at radius 1 is 1.22 bits per heavy atom. The van der Waals surface area contributed by atoms with Crippen LogP contribution in [0.1, 0.15) is 50.9 Å². The zero-order valence-electron chi connectivity index (χ0n) is 20.8. The van der Waals surface area contributed by atoms with E-state index >= 15 is 0 Å². The van der Waals surface area contributed by atoms with E-state index in [4.69, 9.17) is 4.74 Å². The quantitative estimate of drug-likeness (QED) is 0.556. The molecule has 2 saturated heterocycles. The van der Waals surface area contributed by atoms with E-state index in [2.05, 4.69) is 20.6 Å². The van der Waals surface area contributed by atoms with Gasteiger partial charge >= 0.3 is 5.69 Å². The number of piperidine rings is 1. The lowest BCUT2D eigenvalue weighted by Gasteiger charge is -2.51. The van der Waals surface area contributed by atoms with Crippen molar-refractivity contribution in [2.75, 3.05) is 19.7 Å². The average molecular weight is 496 g/mol. The summed E-state index contributed by atoms with van der Waals surface area (Å²) in [7, 11) is 0. The standard InChI is InChI=1S/C26H33N5O5/c1-18-27-19-6-3-4-7-20(19)30(18)12-5-8-23(33)29-14-10-26(11-15-29)16-21(25(2,35)17-36-26)31-13-9-22(32)28-24(31)34/h3-4,6-7,9,13,21,35H,5,8,10-12,14-17H2,1-2H3,(H,28,32,34)/t21-,25-/m0/s1. The number of hydrogen-bond acceptors (Lipinski definition) is 6. The van der Waals surface area contributed by atoms with Crippen molar-refractivity contribution in [2.24, 2.45) is 0 Å². The summed E-state index contributed by atoms with van der Waals surface area (Å²) < 4.78 is 9.72. The van der Waals surface area contributed by atoms with Crippen LogP contribution in [0.2, 0.25) is 0 Å². The molecule has 3 aromatic rings. The maximum atomic E-state index is 13.0. The van der Waals surface area contributed by atoms with Gasteiger partial charge in [-0.15, -0.1) is 0 Å². The van der Waals surface area contributed by atoms with Gasteiger partial charge in [-0.25, -0.2) is 9.78 Å². The van der Waals surface area contributed by atoms with Crippen LogP contribution in [0.25, 0.3) is 11.0 Å². The second-order valence-electron chi connectivity index (χ2n) is 10.3. The second kappa shape index (κ2) is 9.33. The minimum absolute atomic E-state index is 0.0788. The number of aryl methyl sites for hydroxylation is 2. The fourth-order valence-electron chi connectivity index (χ4n) is 5.63. The van der Waals surface area contributed by atoms with Gasteiger partial charge in [0.25, 0.3) is 5.56 Å². The Morgan fingerprint density at radius 2 is 1.97 bits per heavy atom. The summed E-state index contributed by atoms with van der Waals surface area (Å²) in [5.74, 6) is 1.08. The van der Waals surface area contributed by atoms with Gasteiger partial charge in [-0.05, 0) is 45.2 Å². The number of likely N-dealkylation sites (tertiary alicyclic amines) is 1. The first-order chi connectivity index (χ1) is 17.2. The van der Waals surface area contributed by atoms with Crippen molar-refractivity contribution in [1.82, 2.24) is 24.0 Å². The fraction of sp³-hybridized carbons (Fsp3) is 0.538. The summed E-state index contributed by atoms with van der Waals surface area (Å²) in [5.41, 5.74) is -0.734. The zero-order chi connectivity index (χ0) is 25.5. The molecule has 0 bridgehead atoms. The highest BCUT2D eigenvalue weighted by molar-refractivity contribution is 5.77. The van der Waals surface area contributed by atoms with Crippen LogP contribution in [0.4, 0.5) is 0 Å². The van der Waals surface area contributed by atoms with Crippen LogP contribution in [0.15, 0.2) is 46.1 Å². The monoisotopic (exact) mass is 495 g/mol. The van der Waals surface area contributed by atoms with Crippen LogP contribution in [-0.2, 0) is 16.1 Å². The van der Waals surface area contributed by atoms with Crippen molar-refractivity contribution < 1.29 is 14.6 Å². The first-order valence-electron chi connectivity index (χ1n) is 12.5. The van der Waals surface area contributed by atoms with Crippen molar-refractivity contribution in [3.8, 4) is 0 Å². The number of nitrogens with zero attached hydrogens (tertiary/aromatic N) is 4. The second-order valence-corrected chi connectivity index (χ2v) is 10.3. The minimum atomic E-state index is -1.25. The van der Waals surface area contributed by atoms with E-state index in [9.17, 15) is 19.5 Å². The molecule has 10 heteroatoms. The molecule has 10 nitrogen and oxygen atoms in total. The number of aliphatic hydroxyl groups is 1. The molecule has 2 N–H and O–H groups in total. The number of amides is 1. The number of rotatable bonds is 5. The number of hydrogen-bond donors (Lipinski definition) is 2. The number of imidazole rings is 1. The third-order valence-corrected chi connectivity index (χ3v) is 7.79. The Balaban J connectivity index is 1.19. The van der Waals surface area contributed by atoms with Crippen LogP contribution in [0, 0.1) is 6.92 Å². The molecule has 36 heavy (non-hydrogen) atoms. The molecule has 2 atom stereocenters. The van der Waals surface area contributed by atoms with Crippen molar-refractivity contribution >= 4 is 16.9 Å². The van der Waals surface area contributed by atoms with E-state index in [0.717, 1.165) is 29.8 Å². The molecular formula is C26H33N5O5. The van der Waals surface area contributed by atoms with E-state index < -0.39 is 28.5 Å². The lowest BCUT2D eigenvalue weighted by Crippen LogP contribution is -2.58. The number of aromatic nitrogens is 4. The molecule has 2 aromatic heterocycles. The average Bonchev–Trinajstić information content (AvgIpc) is 3.17. The van der Waals surface area contributed by atoms with E-state index in [-0.39, 0.29) is 12.5 Å². The Bertz CT molecular complexity index is 1380. The van der Waals surface area contributed by atoms with Crippen LogP contribution in [-0.4, -0.2) is 65.9 Å². The molecule has 0 unspecified atom stereocenters. The smallest absolute Gasteiger partial charge is 0.328 e. The third kappa shape index (κ3) is 4.62. The van der Waals surface area contributed by atoms with Crippen molar-refractivity contribution in [2.45, 2.75) is 69.7 Å². The molecule has 2 aliphatic heterocycles. The Labute approximate surface area is 208 Å². The Morgan fingerprint density at radius 3 is 2.72 bits per heavy atom. The Hall–Kier alpha value is -3.24. The van der Waals surface area contributed by atoms with Gasteiger partial charge in [0, 0.05) is 44.7 Å². The number of fused-ring (bicyclic) bond motifs is 1. The van der Waals surface area contributed by atoms with Gasteiger partial charge in [-0.1, -0.05) is 12.1 Å². The zero-order valence-corrected chi connectivity index (χ0v) is 20.8. The van der Waals surface area contributed by atoms with Crippen molar-refractivity contribution in [3.05, 3.63) is 63.2 Å². The highest BCUT2D eigenvalue weighted by Gasteiger charge is 2.49. The maximum absolute atomic E-state index is 13.0. The summed E-state index contributed by atoms with van der Waals surface area (Å²) in [5, 5.41) is 10.9. The third-order valence-electron chi connectivity index (χ3n) is 7.79. The molecule has 5 rings (SSSR count). The number of ether oxygens (including phenoxy) is 1. The molecule has 0 radical (unpaired) electrons. The topological polar surface area (TPSA) is 122 Å². The van der Waals surface area contributed by atoms with E-state index in [1.807, 2.05) is 30.0 Å². The van der Waals surface area contributed by atoms with E-state index in [1.165, 1.54) is 16.8 Å². The number of nitrogens with one attached hydrogen (secondary N) is 1. The normalized spacial score (nSPS) is 23.9. The van der Waals surface area contributed by atoms with Crippen LogP contribution in [0.3, 0.4) is 0 Å². The van der Waals surface area contributed by atoms with E-state index in [0.29, 0.717) is 38.8 Å². The van der Waals surface area contributed by atoms with Crippen molar-refractivity contribution in [1.29, 1.82) is 0 Å². The minimum Gasteiger partial charge on any atom is -0.386 e. The van der Waals surface area contributed by atoms with Gasteiger partial charge < -0.3 is 19.3 Å². The number of H-pyrrole nitrogens is 1. The van der Waals surface area contributed by atoms with Crippen LogP contribution < -0.4 is 11.2 Å². The lowest BCUT2D eigenvalue weighted by atomic mass is 9.77. The van der Waals surface area contributed by atoms with Gasteiger partial charge in [-0.3, -0.25) is 19.1 Å². The molecule has 2 fully saturated rings. The highest BCUT2D eigenvalue weighted by Crippen LogP contribution is 2.43. The van der Waals surface area contributed by atoms with Gasteiger partial charge in [0.1, 0.15) is 11.4 Å². The molecule has 2 aliphatic rings.